The first kappa shape index (κ1) is 32.0. The molecule has 0 saturated heterocycles. The maximum absolute atomic E-state index is 14.1. The molecule has 0 saturated carbocycles. The molecule has 41 heavy (non-hydrogen) atoms. The number of rotatable bonds is 13. The molecule has 3 rings (SSSR count). The van der Waals surface area contributed by atoms with Crippen LogP contribution in [-0.4, -0.2) is 50.9 Å². The number of ether oxygens (including phenoxy) is 1. The zero-order chi connectivity index (χ0) is 30.2. The molecular weight excluding hydrogens is 562 g/mol. The van der Waals surface area contributed by atoms with Crippen LogP contribution in [0.3, 0.4) is 0 Å². The number of halogens is 1. The second kappa shape index (κ2) is 14.4. The largest absolute Gasteiger partial charge is 0.497 e. The Balaban J connectivity index is 2.07. The van der Waals surface area contributed by atoms with Crippen LogP contribution in [0.1, 0.15) is 44.7 Å². The minimum Gasteiger partial charge on any atom is -0.497 e. The molecule has 2 atom stereocenters. The molecule has 2 unspecified atom stereocenters. The first-order valence-corrected chi connectivity index (χ1v) is 15.4. The lowest BCUT2D eigenvalue weighted by Gasteiger charge is -2.33. The molecule has 0 spiro atoms. The number of anilines is 1. The van der Waals surface area contributed by atoms with Gasteiger partial charge < -0.3 is 15.0 Å². The third-order valence-electron chi connectivity index (χ3n) is 6.86. The zero-order valence-corrected chi connectivity index (χ0v) is 25.7. The number of benzene rings is 3. The van der Waals surface area contributed by atoms with E-state index >= 15 is 0 Å². The van der Waals surface area contributed by atoms with Gasteiger partial charge in [0.25, 0.3) is 10.0 Å². The number of carbonyl (C=O) groups is 2. The van der Waals surface area contributed by atoms with Crippen LogP contribution in [0.25, 0.3) is 0 Å². The van der Waals surface area contributed by atoms with Gasteiger partial charge in [0.15, 0.2) is 0 Å². The quantitative estimate of drug-likeness (QED) is 0.277. The van der Waals surface area contributed by atoms with E-state index in [2.05, 4.69) is 5.32 Å². The Morgan fingerprint density at radius 2 is 1.66 bits per heavy atom. The van der Waals surface area contributed by atoms with Gasteiger partial charge in [0, 0.05) is 17.6 Å². The van der Waals surface area contributed by atoms with Crippen LogP contribution in [-0.2, 0) is 26.2 Å². The molecular formula is C31H38ClN3O5S. The fraction of sp³-hybridized carbons (Fsp3) is 0.355. The van der Waals surface area contributed by atoms with Crippen LogP contribution in [0.15, 0.2) is 77.7 Å². The fourth-order valence-corrected chi connectivity index (χ4v) is 5.92. The van der Waals surface area contributed by atoms with Crippen LogP contribution in [0.5, 0.6) is 5.75 Å². The van der Waals surface area contributed by atoms with Crippen LogP contribution in [0.4, 0.5) is 5.69 Å². The highest BCUT2D eigenvalue weighted by molar-refractivity contribution is 7.92. The van der Waals surface area contributed by atoms with E-state index in [-0.39, 0.29) is 29.1 Å². The average molecular weight is 600 g/mol. The van der Waals surface area contributed by atoms with Gasteiger partial charge in [-0.1, -0.05) is 61.3 Å². The third-order valence-corrected chi connectivity index (χ3v) is 8.88. The van der Waals surface area contributed by atoms with E-state index in [1.165, 1.54) is 23.1 Å². The van der Waals surface area contributed by atoms with Crippen LogP contribution < -0.4 is 14.4 Å². The number of sulfonamides is 1. The summed E-state index contributed by atoms with van der Waals surface area (Å²) in [6.45, 7) is 7.09. The minimum atomic E-state index is -4.17. The number of amides is 2. The average Bonchev–Trinajstić information content (AvgIpc) is 2.95. The Morgan fingerprint density at radius 1 is 0.976 bits per heavy atom. The summed E-state index contributed by atoms with van der Waals surface area (Å²) in [6.07, 6.45) is 1.06. The lowest BCUT2D eigenvalue weighted by molar-refractivity contribution is -0.140. The molecule has 220 valence electrons. The standard InChI is InChI=1S/C31H38ClN3O5S/c1-6-23(4)33-31(37)29(7-2)34(20-24-10-8-13-27(18-24)40-5)30(36)21-35(26-12-9-11-25(32)19-26)41(38,39)28-16-14-22(3)15-17-28/h8-19,23,29H,6-7,20-21H2,1-5H3,(H,33,37). The predicted molar refractivity (Wildman–Crippen MR) is 163 cm³/mol. The molecule has 1 N–H and O–H groups in total. The normalized spacial score (nSPS) is 12.7. The monoisotopic (exact) mass is 599 g/mol. The lowest BCUT2D eigenvalue weighted by Crippen LogP contribution is -2.53. The summed E-state index contributed by atoms with van der Waals surface area (Å²) in [5.74, 6) is -0.224. The number of nitrogens with one attached hydrogen (secondary N) is 1. The van der Waals surface area contributed by atoms with Crippen molar-refractivity contribution >= 4 is 39.1 Å². The third kappa shape index (κ3) is 8.24. The van der Waals surface area contributed by atoms with E-state index in [9.17, 15) is 18.0 Å². The molecule has 0 aliphatic heterocycles. The van der Waals surface area contributed by atoms with Crippen molar-refractivity contribution in [1.29, 1.82) is 0 Å². The number of carbonyl (C=O) groups excluding carboxylic acids is 2. The van der Waals surface area contributed by atoms with Crippen molar-refractivity contribution in [3.8, 4) is 5.75 Å². The zero-order valence-electron chi connectivity index (χ0n) is 24.1. The first-order chi connectivity index (χ1) is 19.5. The lowest BCUT2D eigenvalue weighted by atomic mass is 10.1. The van der Waals surface area contributed by atoms with Crippen LogP contribution in [0, 0.1) is 6.92 Å². The highest BCUT2D eigenvalue weighted by Crippen LogP contribution is 2.27. The van der Waals surface area contributed by atoms with Crippen molar-refractivity contribution in [3.05, 3.63) is 88.9 Å². The van der Waals surface area contributed by atoms with E-state index in [0.717, 1.165) is 21.9 Å². The summed E-state index contributed by atoms with van der Waals surface area (Å²) in [7, 11) is -2.62. The number of aryl methyl sites for hydroxylation is 1. The van der Waals surface area contributed by atoms with Gasteiger partial charge in [-0.3, -0.25) is 13.9 Å². The highest BCUT2D eigenvalue weighted by atomic mass is 35.5. The van der Waals surface area contributed by atoms with E-state index in [4.69, 9.17) is 16.3 Å². The van der Waals surface area contributed by atoms with E-state index in [0.29, 0.717) is 17.2 Å². The maximum atomic E-state index is 14.1. The van der Waals surface area contributed by atoms with Crippen molar-refractivity contribution in [2.24, 2.45) is 0 Å². The molecule has 0 heterocycles. The molecule has 2 amide bonds. The summed E-state index contributed by atoms with van der Waals surface area (Å²) in [5.41, 5.74) is 1.88. The van der Waals surface area contributed by atoms with Crippen molar-refractivity contribution in [2.45, 2.75) is 64.1 Å². The van der Waals surface area contributed by atoms with Gasteiger partial charge in [-0.25, -0.2) is 8.42 Å². The smallest absolute Gasteiger partial charge is 0.264 e. The molecule has 0 aromatic heterocycles. The molecule has 3 aromatic carbocycles. The molecule has 0 aliphatic rings. The van der Waals surface area contributed by atoms with Crippen molar-refractivity contribution in [1.82, 2.24) is 10.2 Å². The van der Waals surface area contributed by atoms with Gasteiger partial charge in [-0.15, -0.1) is 0 Å². The van der Waals surface area contributed by atoms with E-state index in [1.54, 1.807) is 55.6 Å². The highest BCUT2D eigenvalue weighted by Gasteiger charge is 2.34. The Kier molecular flexibility index (Phi) is 11.2. The Labute approximate surface area is 248 Å². The summed E-state index contributed by atoms with van der Waals surface area (Å²) in [5, 5.41) is 3.30. The van der Waals surface area contributed by atoms with Crippen molar-refractivity contribution in [3.63, 3.8) is 0 Å². The van der Waals surface area contributed by atoms with Gasteiger partial charge in [0.2, 0.25) is 11.8 Å². The van der Waals surface area contributed by atoms with Gasteiger partial charge >= 0.3 is 0 Å². The Morgan fingerprint density at radius 3 is 2.27 bits per heavy atom. The molecule has 10 heteroatoms. The second-order valence-electron chi connectivity index (χ2n) is 9.92. The second-order valence-corrected chi connectivity index (χ2v) is 12.2. The molecule has 0 radical (unpaired) electrons. The Hall–Kier alpha value is -3.56. The Bertz CT molecular complexity index is 1450. The predicted octanol–water partition coefficient (Wildman–Crippen LogP) is 5.57. The van der Waals surface area contributed by atoms with Gasteiger partial charge in [0.05, 0.1) is 17.7 Å². The van der Waals surface area contributed by atoms with Gasteiger partial charge in [0.1, 0.15) is 18.3 Å². The minimum absolute atomic E-state index is 0.0387. The number of methoxy groups -OCH3 is 1. The van der Waals surface area contributed by atoms with Crippen molar-refractivity contribution in [2.75, 3.05) is 18.0 Å². The van der Waals surface area contributed by atoms with Crippen molar-refractivity contribution < 1.29 is 22.7 Å². The number of hydrogen-bond donors (Lipinski definition) is 1. The molecule has 0 bridgehead atoms. The SMILES string of the molecule is CCC(C)NC(=O)C(CC)N(Cc1cccc(OC)c1)C(=O)CN(c1cccc(Cl)c1)S(=O)(=O)c1ccc(C)cc1. The topological polar surface area (TPSA) is 96.0 Å². The summed E-state index contributed by atoms with van der Waals surface area (Å²) in [4.78, 5) is 29.0. The number of nitrogens with zero attached hydrogens (tertiary/aromatic N) is 2. The van der Waals surface area contributed by atoms with Gasteiger partial charge in [-0.05, 0) is 74.7 Å². The summed E-state index contributed by atoms with van der Waals surface area (Å²) in [6, 6.07) is 19.1. The first-order valence-electron chi connectivity index (χ1n) is 13.6. The molecule has 8 nitrogen and oxygen atoms in total. The molecule has 0 fully saturated rings. The summed E-state index contributed by atoms with van der Waals surface area (Å²) < 4.78 is 34.3. The maximum Gasteiger partial charge on any atom is 0.264 e. The van der Waals surface area contributed by atoms with Crippen LogP contribution >= 0.6 is 11.6 Å². The van der Waals surface area contributed by atoms with E-state index < -0.39 is 28.5 Å². The van der Waals surface area contributed by atoms with Crippen LogP contribution in [0.2, 0.25) is 5.02 Å². The van der Waals surface area contributed by atoms with E-state index in [1.807, 2.05) is 33.8 Å². The number of hydrogen-bond acceptors (Lipinski definition) is 5. The summed E-state index contributed by atoms with van der Waals surface area (Å²) >= 11 is 6.24. The molecule has 3 aromatic rings. The fourth-order valence-electron chi connectivity index (χ4n) is 4.33. The molecule has 0 aliphatic carbocycles. The van der Waals surface area contributed by atoms with Gasteiger partial charge in [-0.2, -0.15) is 0 Å².